The largest absolute Gasteiger partial charge is 0.350 e. The Bertz CT molecular complexity index is 1920. The molecule has 1 aliphatic rings. The third kappa shape index (κ3) is 5.54. The van der Waals surface area contributed by atoms with Crippen LogP contribution in [0.3, 0.4) is 0 Å². The highest BCUT2D eigenvalue weighted by Gasteiger charge is 2.42. The van der Waals surface area contributed by atoms with Crippen molar-refractivity contribution in [1.29, 1.82) is 5.26 Å². The first-order valence-corrected chi connectivity index (χ1v) is 14.7. The fourth-order valence-electron chi connectivity index (χ4n) is 5.80. The number of fused-ring (bicyclic) bond motifs is 1. The van der Waals surface area contributed by atoms with Gasteiger partial charge in [-0.25, -0.2) is 13.9 Å². The molecule has 3 heterocycles. The standard InChI is InChI=1S/C33H29ClFN7O2/c1-19-8-9-21(15-23(19)24-16-25(24)29-18-38-30-7-4-12-39-42(29)30)32(43)37-13-14-41-22(17-36)10-11-28(41)33(44)40-20(2)31-26(34)5-3-6-27(31)35/h3-12,15,18,20,24-25H,13-14,16H2,1-2H3,(H,37,43)(H,40,44)/t20-,24+,25-/m0/s1. The van der Waals surface area contributed by atoms with E-state index >= 15 is 0 Å². The Hall–Kier alpha value is -5.01. The summed E-state index contributed by atoms with van der Waals surface area (Å²) in [5.41, 5.74) is 5.30. The number of benzene rings is 2. The molecule has 1 aliphatic carbocycles. The maximum absolute atomic E-state index is 14.4. The summed E-state index contributed by atoms with van der Waals surface area (Å²) in [4.78, 5) is 30.8. The molecule has 0 unspecified atom stereocenters. The number of nitriles is 1. The van der Waals surface area contributed by atoms with Gasteiger partial charge in [0.25, 0.3) is 11.8 Å². The topological polar surface area (TPSA) is 117 Å². The molecule has 1 saturated carbocycles. The van der Waals surface area contributed by atoms with Crippen molar-refractivity contribution >= 4 is 29.1 Å². The molecule has 0 radical (unpaired) electrons. The zero-order valence-corrected chi connectivity index (χ0v) is 24.8. The minimum atomic E-state index is -0.712. The van der Waals surface area contributed by atoms with Crippen molar-refractivity contribution < 1.29 is 14.0 Å². The van der Waals surface area contributed by atoms with Crippen molar-refractivity contribution in [3.05, 3.63) is 123 Å². The second-order valence-corrected chi connectivity index (χ2v) is 11.4. The van der Waals surface area contributed by atoms with Crippen LogP contribution in [0.5, 0.6) is 0 Å². The average Bonchev–Trinajstić information content (AvgIpc) is 3.48. The number of amides is 2. The number of halogens is 2. The summed E-state index contributed by atoms with van der Waals surface area (Å²) in [6, 6.07) is 18.3. The van der Waals surface area contributed by atoms with Gasteiger partial charge in [-0.3, -0.25) is 9.59 Å². The fourth-order valence-corrected chi connectivity index (χ4v) is 6.13. The number of hydrogen-bond donors (Lipinski definition) is 2. The first-order valence-electron chi connectivity index (χ1n) is 14.3. The molecule has 2 amide bonds. The van der Waals surface area contributed by atoms with Gasteiger partial charge in [0.2, 0.25) is 0 Å². The summed E-state index contributed by atoms with van der Waals surface area (Å²) in [5.74, 6) is -0.723. The van der Waals surface area contributed by atoms with Gasteiger partial charge in [-0.05, 0) is 85.8 Å². The lowest BCUT2D eigenvalue weighted by molar-refractivity contribution is 0.0930. The monoisotopic (exact) mass is 609 g/mol. The molecule has 2 aromatic carbocycles. The summed E-state index contributed by atoms with van der Waals surface area (Å²) < 4.78 is 17.8. The van der Waals surface area contributed by atoms with E-state index in [9.17, 15) is 19.2 Å². The Morgan fingerprint density at radius 3 is 2.77 bits per heavy atom. The first kappa shape index (κ1) is 29.1. The van der Waals surface area contributed by atoms with Crippen LogP contribution in [0.2, 0.25) is 5.02 Å². The van der Waals surface area contributed by atoms with Crippen LogP contribution in [0.1, 0.15) is 80.1 Å². The van der Waals surface area contributed by atoms with Gasteiger partial charge in [-0.15, -0.1) is 0 Å². The highest BCUT2D eigenvalue weighted by Crippen LogP contribution is 2.55. The lowest BCUT2D eigenvalue weighted by Gasteiger charge is -2.18. The molecule has 3 atom stereocenters. The number of hydrogen-bond acceptors (Lipinski definition) is 5. The highest BCUT2D eigenvalue weighted by molar-refractivity contribution is 6.31. The van der Waals surface area contributed by atoms with Crippen LogP contribution in [-0.4, -0.2) is 37.5 Å². The van der Waals surface area contributed by atoms with Crippen molar-refractivity contribution in [2.75, 3.05) is 6.54 Å². The van der Waals surface area contributed by atoms with Crippen LogP contribution in [0.15, 0.2) is 73.1 Å². The molecule has 44 heavy (non-hydrogen) atoms. The van der Waals surface area contributed by atoms with Crippen LogP contribution in [0.25, 0.3) is 5.65 Å². The minimum Gasteiger partial charge on any atom is -0.350 e. The van der Waals surface area contributed by atoms with Crippen LogP contribution >= 0.6 is 11.6 Å². The molecule has 5 aromatic rings. The van der Waals surface area contributed by atoms with Gasteiger partial charge in [0.15, 0.2) is 5.65 Å². The minimum absolute atomic E-state index is 0.179. The van der Waals surface area contributed by atoms with E-state index in [-0.39, 0.29) is 52.8 Å². The molecule has 1 fully saturated rings. The number of rotatable bonds is 9. The van der Waals surface area contributed by atoms with Crippen LogP contribution in [0.4, 0.5) is 4.39 Å². The number of carbonyl (C=O) groups excluding carboxylic acids is 2. The summed E-state index contributed by atoms with van der Waals surface area (Å²) in [6.45, 7) is 4.04. The van der Waals surface area contributed by atoms with E-state index in [1.54, 1.807) is 25.3 Å². The lowest BCUT2D eigenvalue weighted by Crippen LogP contribution is -2.32. The van der Waals surface area contributed by atoms with Crippen LogP contribution < -0.4 is 10.6 Å². The average molecular weight is 610 g/mol. The van der Waals surface area contributed by atoms with Gasteiger partial charge in [0.1, 0.15) is 23.3 Å². The Labute approximate surface area is 258 Å². The summed E-state index contributed by atoms with van der Waals surface area (Å²) >= 11 is 6.17. The predicted octanol–water partition coefficient (Wildman–Crippen LogP) is 5.70. The molecule has 0 bridgehead atoms. The van der Waals surface area contributed by atoms with Gasteiger partial charge in [-0.2, -0.15) is 10.4 Å². The molecule has 3 aromatic heterocycles. The molecule has 9 nitrogen and oxygen atoms in total. The molecule has 0 saturated heterocycles. The molecule has 11 heteroatoms. The Morgan fingerprint density at radius 2 is 1.98 bits per heavy atom. The van der Waals surface area contributed by atoms with Gasteiger partial charge in [0, 0.05) is 41.4 Å². The third-order valence-corrected chi connectivity index (χ3v) is 8.47. The van der Waals surface area contributed by atoms with Crippen LogP contribution in [-0.2, 0) is 6.54 Å². The highest BCUT2D eigenvalue weighted by atomic mass is 35.5. The molecule has 222 valence electrons. The summed E-state index contributed by atoms with van der Waals surface area (Å²) in [7, 11) is 0. The van der Waals surface area contributed by atoms with Crippen molar-refractivity contribution in [2.24, 2.45) is 0 Å². The Kier molecular flexibility index (Phi) is 7.89. The van der Waals surface area contributed by atoms with Gasteiger partial charge < -0.3 is 15.2 Å². The normalized spacial score (nSPS) is 16.3. The van der Waals surface area contributed by atoms with Gasteiger partial charge in [0.05, 0.1) is 17.9 Å². The molecule has 0 spiro atoms. The third-order valence-electron chi connectivity index (χ3n) is 8.14. The van der Waals surface area contributed by atoms with Crippen molar-refractivity contribution in [1.82, 2.24) is 29.8 Å². The Balaban J connectivity index is 1.11. The zero-order chi connectivity index (χ0) is 31.0. The molecule has 2 N–H and O–H groups in total. The molecular formula is C33H29ClFN7O2. The van der Waals surface area contributed by atoms with Crippen molar-refractivity contribution in [3.8, 4) is 6.07 Å². The second-order valence-electron chi connectivity index (χ2n) is 11.0. The maximum atomic E-state index is 14.4. The smallest absolute Gasteiger partial charge is 0.268 e. The molecular weight excluding hydrogens is 581 g/mol. The first-order chi connectivity index (χ1) is 21.3. The fraction of sp³-hybridized carbons (Fsp3) is 0.242. The van der Waals surface area contributed by atoms with E-state index in [2.05, 4.69) is 26.8 Å². The summed E-state index contributed by atoms with van der Waals surface area (Å²) in [5, 5.41) is 19.9. The number of imidazole rings is 1. The number of carbonyl (C=O) groups is 2. The summed E-state index contributed by atoms with van der Waals surface area (Å²) in [6.07, 6.45) is 4.57. The number of nitrogens with zero attached hydrogens (tertiary/aromatic N) is 5. The van der Waals surface area contributed by atoms with E-state index in [0.717, 1.165) is 28.9 Å². The molecule has 0 aliphatic heterocycles. The van der Waals surface area contributed by atoms with Gasteiger partial charge >= 0.3 is 0 Å². The van der Waals surface area contributed by atoms with Crippen LogP contribution in [0, 0.1) is 24.1 Å². The SMILES string of the molecule is Cc1ccc(C(=O)NCCn2c(C#N)ccc2C(=O)N[C@@H](C)c2c(F)cccc2Cl)cc1[C@H]1C[C@@H]1c1cnc2cccnn12. The quantitative estimate of drug-likeness (QED) is 0.222. The van der Waals surface area contributed by atoms with Gasteiger partial charge in [-0.1, -0.05) is 23.7 Å². The molecule has 6 rings (SSSR count). The number of aryl methyl sites for hydroxylation is 1. The second kappa shape index (κ2) is 11.9. The van der Waals surface area contributed by atoms with E-state index < -0.39 is 17.8 Å². The number of aromatic nitrogens is 4. The number of nitrogens with one attached hydrogen (secondary N) is 2. The maximum Gasteiger partial charge on any atom is 0.268 e. The predicted molar refractivity (Wildman–Crippen MR) is 163 cm³/mol. The van der Waals surface area contributed by atoms with Crippen molar-refractivity contribution in [2.45, 2.75) is 44.7 Å². The Morgan fingerprint density at radius 1 is 1.14 bits per heavy atom. The van der Waals surface area contributed by atoms with E-state index in [4.69, 9.17) is 11.6 Å². The van der Waals surface area contributed by atoms with E-state index in [0.29, 0.717) is 5.56 Å². The zero-order valence-electron chi connectivity index (χ0n) is 24.1. The van der Waals surface area contributed by atoms with E-state index in [1.165, 1.54) is 28.8 Å². The van der Waals surface area contributed by atoms with Crippen molar-refractivity contribution in [3.63, 3.8) is 0 Å². The lowest BCUT2D eigenvalue weighted by atomic mass is 9.99. The van der Waals surface area contributed by atoms with E-state index in [1.807, 2.05) is 41.9 Å².